The summed E-state index contributed by atoms with van der Waals surface area (Å²) in [4.78, 5) is 35.4. The molecule has 9 heteroatoms. The van der Waals surface area contributed by atoms with Gasteiger partial charge < -0.3 is 20.1 Å². The summed E-state index contributed by atoms with van der Waals surface area (Å²) < 4.78 is 19.2. The van der Waals surface area contributed by atoms with E-state index in [9.17, 15) is 19.1 Å². The van der Waals surface area contributed by atoms with Gasteiger partial charge in [0, 0.05) is 30.9 Å². The summed E-state index contributed by atoms with van der Waals surface area (Å²) in [6.45, 7) is 3.10. The first-order valence-electron chi connectivity index (χ1n) is 11.3. The molecule has 0 saturated carbocycles. The summed E-state index contributed by atoms with van der Waals surface area (Å²) in [5, 5.41) is 12.5. The number of pyridine rings is 2. The number of nitrogens with one attached hydrogen (secondary N) is 1. The number of hydrogen-bond acceptors (Lipinski definition) is 6. The van der Waals surface area contributed by atoms with Crippen LogP contribution in [0.3, 0.4) is 0 Å². The number of hydrogen-bond donors (Lipinski definition) is 2. The van der Waals surface area contributed by atoms with Gasteiger partial charge in [-0.15, -0.1) is 0 Å². The molecule has 2 amide bonds. The maximum atomic E-state index is 13.4. The van der Waals surface area contributed by atoms with Crippen molar-refractivity contribution in [2.45, 2.75) is 31.9 Å². The molecule has 0 fully saturated rings. The van der Waals surface area contributed by atoms with E-state index >= 15 is 0 Å². The first-order valence-corrected chi connectivity index (χ1v) is 11.3. The quantitative estimate of drug-likeness (QED) is 0.432. The highest BCUT2D eigenvalue weighted by molar-refractivity contribution is 6.03. The second kappa shape index (κ2) is 10.1. The highest BCUT2D eigenvalue weighted by Crippen LogP contribution is 2.31. The minimum Gasteiger partial charge on any atom is -0.489 e. The zero-order valence-electron chi connectivity index (χ0n) is 20.1. The van der Waals surface area contributed by atoms with Gasteiger partial charge in [-0.3, -0.25) is 14.6 Å². The van der Waals surface area contributed by atoms with Crippen molar-refractivity contribution in [1.29, 1.82) is 0 Å². The molecule has 1 atom stereocenters. The van der Waals surface area contributed by atoms with Crippen LogP contribution < -0.4 is 15.0 Å². The normalized spacial score (nSPS) is 15.2. The fraction of sp³-hybridized carbons (Fsp3) is 0.259. The van der Waals surface area contributed by atoms with Crippen LogP contribution in [0.2, 0.25) is 0 Å². The van der Waals surface area contributed by atoms with Gasteiger partial charge in [-0.25, -0.2) is 4.98 Å². The summed E-state index contributed by atoms with van der Waals surface area (Å²) in [7, 11) is 1.59. The lowest BCUT2D eigenvalue weighted by atomic mass is 10.1. The van der Waals surface area contributed by atoms with Crippen LogP contribution in [0.4, 0.5) is 10.1 Å². The molecule has 8 nitrogen and oxygen atoms in total. The maximum absolute atomic E-state index is 13.4. The van der Waals surface area contributed by atoms with Crippen LogP contribution in [0, 0.1) is 17.8 Å². The summed E-state index contributed by atoms with van der Waals surface area (Å²) in [5.41, 5.74) is 1.31. The fourth-order valence-electron chi connectivity index (χ4n) is 3.60. The Balaban J connectivity index is 1.48. The van der Waals surface area contributed by atoms with Gasteiger partial charge in [0.2, 0.25) is 5.95 Å². The minimum atomic E-state index is -1.15. The van der Waals surface area contributed by atoms with Crippen LogP contribution in [0.15, 0.2) is 54.7 Å². The Kier molecular flexibility index (Phi) is 6.99. The van der Waals surface area contributed by atoms with Gasteiger partial charge in [0.15, 0.2) is 0 Å². The molecule has 1 aliphatic rings. The summed E-state index contributed by atoms with van der Waals surface area (Å²) in [6, 6.07) is 12.0. The second-order valence-electron chi connectivity index (χ2n) is 8.90. The molecule has 184 valence electrons. The number of carbonyl (C=O) groups excluding carboxylic acids is 2. The number of nitrogens with zero attached hydrogens (tertiary/aromatic N) is 3. The Bertz CT molecular complexity index is 1370. The largest absolute Gasteiger partial charge is 0.489 e. The monoisotopic (exact) mass is 488 g/mol. The third-order valence-electron chi connectivity index (χ3n) is 5.39. The molecule has 1 aromatic carbocycles. The molecule has 36 heavy (non-hydrogen) atoms. The molecule has 3 heterocycles. The first kappa shape index (κ1) is 24.8. The number of aromatic nitrogens is 2. The van der Waals surface area contributed by atoms with Crippen molar-refractivity contribution in [3.05, 3.63) is 83.2 Å². The standard InChI is InChI=1S/C27H25FN4O4/c1-27(2,35)11-9-17-7-8-23-22(15-17)32(3)26(34)21(16-36-23)31-25(33)20-14-18(10-12-29-20)13-19-5-4-6-24(28)30-19/h4-8,10,12,14-15,21,35H,13,16H2,1-3H3,(H,31,33)/t21-/m0/s1. The molecular weight excluding hydrogens is 463 g/mol. The smallest absolute Gasteiger partial charge is 0.270 e. The number of likely N-dealkylation sites (N-methyl/N-ethyl adjacent to an activating group) is 1. The molecule has 2 aromatic heterocycles. The average Bonchev–Trinajstić information content (AvgIpc) is 2.94. The third-order valence-corrected chi connectivity index (χ3v) is 5.39. The Morgan fingerprint density at radius 2 is 2.08 bits per heavy atom. The molecule has 0 bridgehead atoms. The lowest BCUT2D eigenvalue weighted by molar-refractivity contribution is -0.120. The predicted molar refractivity (Wildman–Crippen MR) is 131 cm³/mol. The van der Waals surface area contributed by atoms with Crippen molar-refractivity contribution < 1.29 is 23.8 Å². The predicted octanol–water partition coefficient (Wildman–Crippen LogP) is 2.48. The van der Waals surface area contributed by atoms with Crippen LogP contribution in [-0.4, -0.2) is 52.2 Å². The van der Waals surface area contributed by atoms with E-state index < -0.39 is 23.5 Å². The van der Waals surface area contributed by atoms with Crippen LogP contribution in [0.1, 0.15) is 41.2 Å². The van der Waals surface area contributed by atoms with Crippen molar-refractivity contribution in [3.8, 4) is 17.6 Å². The Hall–Kier alpha value is -4.29. The van der Waals surface area contributed by atoms with Crippen LogP contribution >= 0.6 is 0 Å². The number of halogens is 1. The van der Waals surface area contributed by atoms with Gasteiger partial charge in [-0.2, -0.15) is 4.39 Å². The van der Waals surface area contributed by atoms with Crippen LogP contribution in [0.5, 0.6) is 5.75 Å². The molecule has 1 aliphatic heterocycles. The molecule has 0 saturated heterocycles. The van der Waals surface area contributed by atoms with Crippen molar-refractivity contribution in [3.63, 3.8) is 0 Å². The van der Waals surface area contributed by atoms with E-state index in [-0.39, 0.29) is 18.2 Å². The van der Waals surface area contributed by atoms with Gasteiger partial charge in [-0.1, -0.05) is 17.9 Å². The number of aliphatic hydroxyl groups is 1. The number of ether oxygens (including phenoxy) is 1. The minimum absolute atomic E-state index is 0.0660. The SMILES string of the molecule is CN1C(=O)[C@@H](NC(=O)c2cc(Cc3cccc(F)n3)ccn2)COc2ccc(C#CC(C)(C)O)cc21. The highest BCUT2D eigenvalue weighted by Gasteiger charge is 2.31. The van der Waals surface area contributed by atoms with E-state index in [1.165, 1.54) is 17.2 Å². The lowest BCUT2D eigenvalue weighted by Crippen LogP contribution is -2.49. The maximum Gasteiger partial charge on any atom is 0.270 e. The molecule has 2 N–H and O–H groups in total. The van der Waals surface area contributed by atoms with Crippen molar-refractivity contribution in [2.75, 3.05) is 18.6 Å². The second-order valence-corrected chi connectivity index (χ2v) is 8.90. The Labute approximate surface area is 208 Å². The van der Waals surface area contributed by atoms with E-state index in [4.69, 9.17) is 4.74 Å². The molecule has 3 aromatic rings. The first-order chi connectivity index (χ1) is 17.1. The zero-order valence-corrected chi connectivity index (χ0v) is 20.1. The van der Waals surface area contributed by atoms with Crippen LogP contribution in [0.25, 0.3) is 0 Å². The lowest BCUT2D eigenvalue weighted by Gasteiger charge is -2.20. The topological polar surface area (TPSA) is 105 Å². The van der Waals surface area contributed by atoms with Gasteiger partial charge in [0.1, 0.15) is 29.7 Å². The summed E-state index contributed by atoms with van der Waals surface area (Å²) in [6.07, 6.45) is 1.80. The number of carbonyl (C=O) groups is 2. The van der Waals surface area contributed by atoms with Gasteiger partial charge in [0.05, 0.1) is 5.69 Å². The fourth-order valence-corrected chi connectivity index (χ4v) is 3.60. The number of fused-ring (bicyclic) bond motifs is 1. The highest BCUT2D eigenvalue weighted by atomic mass is 19.1. The third kappa shape index (κ3) is 6.03. The van der Waals surface area contributed by atoms with Gasteiger partial charge >= 0.3 is 0 Å². The molecule has 0 radical (unpaired) electrons. The average molecular weight is 489 g/mol. The summed E-state index contributed by atoms with van der Waals surface area (Å²) in [5.74, 6) is 4.61. The number of benzene rings is 1. The van der Waals surface area contributed by atoms with E-state index in [2.05, 4.69) is 27.1 Å². The Morgan fingerprint density at radius 1 is 1.28 bits per heavy atom. The van der Waals surface area contributed by atoms with E-state index in [0.717, 1.165) is 5.56 Å². The number of anilines is 1. The molecule has 4 rings (SSSR count). The van der Waals surface area contributed by atoms with Crippen molar-refractivity contribution in [2.24, 2.45) is 0 Å². The van der Waals surface area contributed by atoms with Gasteiger partial charge in [-0.05, 0) is 61.9 Å². The van der Waals surface area contributed by atoms with Gasteiger partial charge in [0.25, 0.3) is 11.8 Å². The van der Waals surface area contributed by atoms with Crippen molar-refractivity contribution in [1.82, 2.24) is 15.3 Å². The molecule has 0 spiro atoms. The van der Waals surface area contributed by atoms with E-state index in [0.29, 0.717) is 29.1 Å². The van der Waals surface area contributed by atoms with E-state index in [1.807, 2.05) is 0 Å². The Morgan fingerprint density at radius 3 is 2.83 bits per heavy atom. The molecule has 0 aliphatic carbocycles. The van der Waals surface area contributed by atoms with Crippen LogP contribution in [-0.2, 0) is 11.2 Å². The molecular formula is C27H25FN4O4. The summed E-state index contributed by atoms with van der Waals surface area (Å²) >= 11 is 0. The number of rotatable bonds is 4. The zero-order chi connectivity index (χ0) is 25.9. The van der Waals surface area contributed by atoms with Crippen molar-refractivity contribution >= 4 is 17.5 Å². The molecule has 0 unspecified atom stereocenters. The van der Waals surface area contributed by atoms with E-state index in [1.54, 1.807) is 63.4 Å². The number of amides is 2.